The fourth-order valence-electron chi connectivity index (χ4n) is 1.41. The van der Waals surface area contributed by atoms with Crippen molar-refractivity contribution in [1.29, 1.82) is 0 Å². The second kappa shape index (κ2) is 7.04. The predicted octanol–water partition coefficient (Wildman–Crippen LogP) is 4.23. The number of aromatic nitrogens is 2. The average molecular weight is 206 g/mol. The molecule has 0 fully saturated rings. The first-order valence-corrected chi connectivity index (χ1v) is 5.68. The number of nitrogens with zero attached hydrogens (tertiary/aromatic N) is 1. The molecule has 0 aliphatic rings. The molecule has 2 rings (SSSR count). The Kier molecular flexibility index (Phi) is 6.43. The second-order valence-electron chi connectivity index (χ2n) is 2.88. The fraction of sp³-hybridized carbons (Fsp3) is 0.462. The molecule has 15 heavy (non-hydrogen) atoms. The number of aryl methyl sites for hydroxylation is 2. The van der Waals surface area contributed by atoms with Gasteiger partial charge in [-0.25, -0.2) is 4.98 Å². The highest BCUT2D eigenvalue weighted by molar-refractivity contribution is 5.78. The van der Waals surface area contributed by atoms with Crippen molar-refractivity contribution in [3.05, 3.63) is 29.6 Å². The third-order valence-corrected chi connectivity index (χ3v) is 1.86. The molecule has 1 N–H and O–H groups in total. The third kappa shape index (κ3) is 3.39. The first-order valence-electron chi connectivity index (χ1n) is 5.68. The smallest absolute Gasteiger partial charge is 0.0931 e. The van der Waals surface area contributed by atoms with Crippen LogP contribution in [0.15, 0.2) is 18.5 Å². The van der Waals surface area contributed by atoms with Gasteiger partial charge >= 0.3 is 0 Å². The van der Waals surface area contributed by atoms with Crippen LogP contribution in [-0.4, -0.2) is 9.97 Å². The molecule has 1 heterocycles. The van der Waals surface area contributed by atoms with Crippen LogP contribution < -0.4 is 0 Å². The number of hydrogen-bond donors (Lipinski definition) is 1. The van der Waals surface area contributed by atoms with Crippen molar-refractivity contribution in [2.45, 2.75) is 41.5 Å². The van der Waals surface area contributed by atoms with Crippen molar-refractivity contribution in [3.8, 4) is 0 Å². The number of imidazole rings is 1. The molecule has 0 atom stereocenters. The maximum absolute atomic E-state index is 4.20. The maximum Gasteiger partial charge on any atom is 0.0931 e. The molecule has 0 amide bonds. The molecule has 0 aliphatic carbocycles. The molecule has 1 aromatic carbocycles. The summed E-state index contributed by atoms with van der Waals surface area (Å²) in [6.07, 6.45) is 1.73. The van der Waals surface area contributed by atoms with Crippen molar-refractivity contribution in [3.63, 3.8) is 0 Å². The number of hydrogen-bond acceptors (Lipinski definition) is 1. The Morgan fingerprint density at radius 2 is 1.60 bits per heavy atom. The van der Waals surface area contributed by atoms with E-state index in [1.807, 2.05) is 27.7 Å². The van der Waals surface area contributed by atoms with E-state index in [2.05, 4.69) is 35.9 Å². The molecule has 0 saturated carbocycles. The standard InChI is InChI=1S/C9H10N2.2C2H6/c1-6-3-7(2)9-8(4-6)10-5-11-9;2*1-2/h3-5H,1-2H3,(H,10,11);2*1-2H3. The zero-order chi connectivity index (χ0) is 11.8. The molecule has 2 nitrogen and oxygen atoms in total. The summed E-state index contributed by atoms with van der Waals surface area (Å²) in [4.78, 5) is 7.29. The van der Waals surface area contributed by atoms with Gasteiger partial charge in [-0.1, -0.05) is 33.8 Å². The lowest BCUT2D eigenvalue weighted by atomic mass is 10.1. The Bertz CT molecular complexity index is 388. The van der Waals surface area contributed by atoms with Gasteiger partial charge in [0.1, 0.15) is 0 Å². The molecule has 0 saturated heterocycles. The van der Waals surface area contributed by atoms with Crippen molar-refractivity contribution in [2.24, 2.45) is 0 Å². The van der Waals surface area contributed by atoms with Crippen LogP contribution in [0.25, 0.3) is 11.0 Å². The van der Waals surface area contributed by atoms with E-state index in [-0.39, 0.29) is 0 Å². The number of nitrogens with one attached hydrogen (secondary N) is 1. The SMILES string of the molecule is CC.CC.Cc1cc(C)c2nc[nH]c2c1. The number of fused-ring (bicyclic) bond motifs is 1. The normalized spacial score (nSPS) is 8.67. The summed E-state index contributed by atoms with van der Waals surface area (Å²) < 4.78 is 0. The van der Waals surface area contributed by atoms with E-state index >= 15 is 0 Å². The van der Waals surface area contributed by atoms with Gasteiger partial charge in [-0.3, -0.25) is 0 Å². The molecule has 2 heteroatoms. The summed E-state index contributed by atoms with van der Waals surface area (Å²) >= 11 is 0. The van der Waals surface area contributed by atoms with Crippen LogP contribution in [0.2, 0.25) is 0 Å². The lowest BCUT2D eigenvalue weighted by molar-refractivity contribution is 1.34. The number of H-pyrrole nitrogens is 1. The fourth-order valence-corrected chi connectivity index (χ4v) is 1.41. The largest absolute Gasteiger partial charge is 0.345 e. The molecule has 0 aliphatic heterocycles. The van der Waals surface area contributed by atoms with Crippen LogP contribution in [0.5, 0.6) is 0 Å². The number of benzene rings is 1. The molecule has 84 valence electrons. The number of rotatable bonds is 0. The first kappa shape index (κ1) is 13.7. The minimum Gasteiger partial charge on any atom is -0.345 e. The highest BCUT2D eigenvalue weighted by Crippen LogP contribution is 2.15. The van der Waals surface area contributed by atoms with Crippen LogP contribution in [0, 0.1) is 13.8 Å². The van der Waals surface area contributed by atoms with Gasteiger partial charge in [-0.15, -0.1) is 0 Å². The van der Waals surface area contributed by atoms with Crippen molar-refractivity contribution in [2.75, 3.05) is 0 Å². The van der Waals surface area contributed by atoms with Crippen molar-refractivity contribution in [1.82, 2.24) is 9.97 Å². The summed E-state index contributed by atoms with van der Waals surface area (Å²) in [6.45, 7) is 12.2. The van der Waals surface area contributed by atoms with E-state index in [0.717, 1.165) is 11.0 Å². The first-order chi connectivity index (χ1) is 7.27. The Hall–Kier alpha value is -1.31. The van der Waals surface area contributed by atoms with E-state index in [4.69, 9.17) is 0 Å². The zero-order valence-corrected chi connectivity index (χ0v) is 10.7. The van der Waals surface area contributed by atoms with E-state index in [9.17, 15) is 0 Å². The van der Waals surface area contributed by atoms with E-state index in [1.165, 1.54) is 11.1 Å². The van der Waals surface area contributed by atoms with Gasteiger partial charge in [0.25, 0.3) is 0 Å². The van der Waals surface area contributed by atoms with E-state index in [1.54, 1.807) is 6.33 Å². The van der Waals surface area contributed by atoms with Crippen LogP contribution in [-0.2, 0) is 0 Å². The van der Waals surface area contributed by atoms with Gasteiger partial charge in [0.15, 0.2) is 0 Å². The van der Waals surface area contributed by atoms with Gasteiger partial charge in [-0.05, 0) is 31.0 Å². The zero-order valence-electron chi connectivity index (χ0n) is 10.7. The van der Waals surface area contributed by atoms with Gasteiger partial charge in [0.2, 0.25) is 0 Å². The highest BCUT2D eigenvalue weighted by Gasteiger charge is 1.98. The average Bonchev–Trinajstić information content (AvgIpc) is 2.72. The Labute approximate surface area is 92.7 Å². The third-order valence-electron chi connectivity index (χ3n) is 1.86. The lowest BCUT2D eigenvalue weighted by Crippen LogP contribution is -1.79. The summed E-state index contributed by atoms with van der Waals surface area (Å²) in [5.74, 6) is 0. The Morgan fingerprint density at radius 3 is 2.20 bits per heavy atom. The maximum atomic E-state index is 4.20. The number of aromatic amines is 1. The van der Waals surface area contributed by atoms with Crippen LogP contribution >= 0.6 is 0 Å². The molecule has 1 aromatic heterocycles. The minimum absolute atomic E-state index is 1.08. The van der Waals surface area contributed by atoms with Gasteiger partial charge < -0.3 is 4.98 Å². The molecular formula is C13H22N2. The monoisotopic (exact) mass is 206 g/mol. The summed E-state index contributed by atoms with van der Waals surface area (Å²) in [5, 5.41) is 0. The summed E-state index contributed by atoms with van der Waals surface area (Å²) in [7, 11) is 0. The van der Waals surface area contributed by atoms with Gasteiger partial charge in [0.05, 0.1) is 17.4 Å². The van der Waals surface area contributed by atoms with Crippen LogP contribution in [0.4, 0.5) is 0 Å². The molecular weight excluding hydrogens is 184 g/mol. The minimum atomic E-state index is 1.08. The summed E-state index contributed by atoms with van der Waals surface area (Å²) in [5.41, 5.74) is 4.72. The lowest BCUT2D eigenvalue weighted by Gasteiger charge is -1.96. The molecule has 0 unspecified atom stereocenters. The topological polar surface area (TPSA) is 28.7 Å². The van der Waals surface area contributed by atoms with E-state index in [0.29, 0.717) is 0 Å². The molecule has 2 aromatic rings. The molecule has 0 spiro atoms. The predicted molar refractivity (Wildman–Crippen MR) is 68.3 cm³/mol. The Morgan fingerprint density at radius 1 is 1.00 bits per heavy atom. The van der Waals surface area contributed by atoms with Crippen molar-refractivity contribution < 1.29 is 0 Å². The highest BCUT2D eigenvalue weighted by atomic mass is 14.9. The van der Waals surface area contributed by atoms with Crippen LogP contribution in [0.1, 0.15) is 38.8 Å². The van der Waals surface area contributed by atoms with Gasteiger partial charge in [-0.2, -0.15) is 0 Å². The molecule has 0 radical (unpaired) electrons. The second-order valence-corrected chi connectivity index (χ2v) is 2.88. The van der Waals surface area contributed by atoms with Crippen molar-refractivity contribution >= 4 is 11.0 Å². The van der Waals surface area contributed by atoms with Gasteiger partial charge in [0, 0.05) is 0 Å². The summed E-state index contributed by atoms with van der Waals surface area (Å²) in [6, 6.07) is 4.25. The van der Waals surface area contributed by atoms with E-state index < -0.39 is 0 Å². The quantitative estimate of drug-likeness (QED) is 0.686. The Balaban J connectivity index is 0.000000442. The molecule has 0 bridgehead atoms. The van der Waals surface area contributed by atoms with Crippen LogP contribution in [0.3, 0.4) is 0 Å².